The van der Waals surface area contributed by atoms with Crippen molar-refractivity contribution in [2.45, 2.75) is 12.5 Å². The highest BCUT2D eigenvalue weighted by atomic mass is 35.5. The number of hydrogen-bond acceptors (Lipinski definition) is 4. The Balaban J connectivity index is 1.39. The van der Waals surface area contributed by atoms with Crippen molar-refractivity contribution in [1.82, 2.24) is 15.2 Å². The van der Waals surface area contributed by atoms with E-state index in [0.717, 1.165) is 13.1 Å². The SMILES string of the molecule is O=C(NC1CN2CC[C@H]1C2)c1ccc(Oc2cccc(Cl)n2)cc1. The summed E-state index contributed by atoms with van der Waals surface area (Å²) in [5.74, 6) is 1.62. The minimum Gasteiger partial charge on any atom is -0.439 e. The number of nitrogens with zero attached hydrogens (tertiary/aromatic N) is 2. The number of hydrogen-bond donors (Lipinski definition) is 1. The number of pyridine rings is 1. The molecule has 0 aliphatic carbocycles. The van der Waals surface area contributed by atoms with Gasteiger partial charge in [-0.15, -0.1) is 0 Å². The molecule has 6 heteroatoms. The Morgan fingerprint density at radius 2 is 2.04 bits per heavy atom. The molecule has 0 saturated carbocycles. The fourth-order valence-electron chi connectivity index (χ4n) is 3.44. The van der Waals surface area contributed by atoms with E-state index in [1.807, 2.05) is 0 Å². The molecule has 1 aromatic carbocycles. The molecule has 0 radical (unpaired) electrons. The number of carbonyl (C=O) groups is 1. The number of halogens is 1. The highest BCUT2D eigenvalue weighted by Crippen LogP contribution is 2.28. The van der Waals surface area contributed by atoms with Crippen molar-refractivity contribution in [1.29, 1.82) is 0 Å². The maximum absolute atomic E-state index is 12.4. The van der Waals surface area contributed by atoms with E-state index in [1.54, 1.807) is 42.5 Å². The number of piperidine rings is 1. The fourth-order valence-corrected chi connectivity index (χ4v) is 3.60. The lowest BCUT2D eigenvalue weighted by molar-refractivity contribution is 0.0924. The van der Waals surface area contributed by atoms with E-state index < -0.39 is 0 Å². The van der Waals surface area contributed by atoms with E-state index >= 15 is 0 Å². The van der Waals surface area contributed by atoms with Crippen molar-refractivity contribution in [2.24, 2.45) is 5.92 Å². The summed E-state index contributed by atoms with van der Waals surface area (Å²) in [5.41, 5.74) is 0.638. The summed E-state index contributed by atoms with van der Waals surface area (Å²) in [6.07, 6.45) is 1.18. The van der Waals surface area contributed by atoms with Crippen molar-refractivity contribution < 1.29 is 9.53 Å². The molecule has 2 aromatic rings. The summed E-state index contributed by atoms with van der Waals surface area (Å²) in [5, 5.41) is 3.53. The largest absolute Gasteiger partial charge is 0.439 e. The molecular formula is C18H18ClN3O2. The lowest BCUT2D eigenvalue weighted by atomic mass is 9.99. The van der Waals surface area contributed by atoms with Crippen LogP contribution in [-0.4, -0.2) is 41.5 Å². The van der Waals surface area contributed by atoms with Crippen molar-refractivity contribution in [3.05, 3.63) is 53.2 Å². The zero-order chi connectivity index (χ0) is 16.5. The van der Waals surface area contributed by atoms with Crippen LogP contribution in [0.3, 0.4) is 0 Å². The number of amides is 1. The molecule has 1 amide bonds. The molecule has 0 spiro atoms. The summed E-state index contributed by atoms with van der Waals surface area (Å²) in [6, 6.07) is 12.5. The highest BCUT2D eigenvalue weighted by molar-refractivity contribution is 6.29. The molecule has 124 valence electrons. The monoisotopic (exact) mass is 343 g/mol. The number of ether oxygens (including phenoxy) is 1. The Labute approximate surface area is 145 Å². The molecule has 2 aliphatic rings. The maximum Gasteiger partial charge on any atom is 0.251 e. The van der Waals surface area contributed by atoms with Crippen LogP contribution in [0.1, 0.15) is 16.8 Å². The van der Waals surface area contributed by atoms with Gasteiger partial charge in [-0.1, -0.05) is 17.7 Å². The topological polar surface area (TPSA) is 54.5 Å². The average molecular weight is 344 g/mol. The van der Waals surface area contributed by atoms with E-state index in [9.17, 15) is 4.79 Å². The number of aromatic nitrogens is 1. The predicted molar refractivity (Wildman–Crippen MR) is 91.6 cm³/mol. The standard InChI is InChI=1S/C18H18ClN3O2/c19-16-2-1-3-17(21-16)24-14-6-4-12(5-7-14)18(23)20-15-11-22-9-8-13(15)10-22/h1-7,13,15H,8-11H2,(H,20,23)/t13-,15?/m0/s1. The first-order valence-electron chi connectivity index (χ1n) is 8.11. The molecule has 1 N–H and O–H groups in total. The van der Waals surface area contributed by atoms with Crippen LogP contribution in [0, 0.1) is 5.92 Å². The van der Waals surface area contributed by atoms with Crippen LogP contribution in [0.4, 0.5) is 0 Å². The van der Waals surface area contributed by atoms with Gasteiger partial charge < -0.3 is 15.0 Å². The van der Waals surface area contributed by atoms with Crippen molar-refractivity contribution in [3.8, 4) is 11.6 Å². The normalized spacial score (nSPS) is 24.8. The lowest BCUT2D eigenvalue weighted by Crippen LogP contribution is -2.43. The molecule has 2 aliphatic heterocycles. The summed E-state index contributed by atoms with van der Waals surface area (Å²) in [6.45, 7) is 3.25. The van der Waals surface area contributed by atoms with Gasteiger partial charge in [0.05, 0.1) is 0 Å². The van der Waals surface area contributed by atoms with E-state index in [0.29, 0.717) is 28.3 Å². The first-order valence-corrected chi connectivity index (χ1v) is 8.49. The van der Waals surface area contributed by atoms with Gasteiger partial charge in [0.2, 0.25) is 5.88 Å². The van der Waals surface area contributed by atoms with E-state index in [-0.39, 0.29) is 11.9 Å². The molecule has 2 unspecified atom stereocenters. The summed E-state index contributed by atoms with van der Waals surface area (Å²) in [4.78, 5) is 18.9. The second-order valence-corrected chi connectivity index (χ2v) is 6.70. The number of fused-ring (bicyclic) bond motifs is 2. The number of carbonyl (C=O) groups excluding carboxylic acids is 1. The molecule has 2 bridgehead atoms. The Kier molecular flexibility index (Phi) is 4.12. The first kappa shape index (κ1) is 15.4. The Morgan fingerprint density at radius 1 is 1.21 bits per heavy atom. The third kappa shape index (κ3) is 3.23. The number of rotatable bonds is 4. The molecule has 5 nitrogen and oxygen atoms in total. The van der Waals surface area contributed by atoms with E-state index in [2.05, 4.69) is 15.2 Å². The zero-order valence-corrected chi connectivity index (χ0v) is 13.9. The number of benzene rings is 1. The third-order valence-corrected chi connectivity index (χ3v) is 4.89. The summed E-state index contributed by atoms with van der Waals surface area (Å²) in [7, 11) is 0. The van der Waals surface area contributed by atoms with Gasteiger partial charge in [-0.2, -0.15) is 0 Å². The Morgan fingerprint density at radius 3 is 2.71 bits per heavy atom. The quantitative estimate of drug-likeness (QED) is 0.867. The number of nitrogens with one attached hydrogen (secondary N) is 1. The predicted octanol–water partition coefficient (Wildman–Crippen LogP) is 2.96. The van der Waals surface area contributed by atoms with Crippen LogP contribution < -0.4 is 10.1 Å². The van der Waals surface area contributed by atoms with Gasteiger partial charge in [0, 0.05) is 30.8 Å². The van der Waals surface area contributed by atoms with Gasteiger partial charge in [0.1, 0.15) is 10.9 Å². The minimum absolute atomic E-state index is 0.0267. The van der Waals surface area contributed by atoms with Crippen LogP contribution in [-0.2, 0) is 0 Å². The average Bonchev–Trinajstić information content (AvgIpc) is 3.18. The van der Waals surface area contributed by atoms with E-state index in [4.69, 9.17) is 16.3 Å². The third-order valence-electron chi connectivity index (χ3n) is 4.68. The lowest BCUT2D eigenvalue weighted by Gasteiger charge is -2.23. The van der Waals surface area contributed by atoms with E-state index in [1.165, 1.54) is 13.0 Å². The van der Waals surface area contributed by atoms with Gasteiger partial charge in [-0.25, -0.2) is 4.98 Å². The van der Waals surface area contributed by atoms with Gasteiger partial charge in [0.25, 0.3) is 5.91 Å². The van der Waals surface area contributed by atoms with Crippen molar-refractivity contribution in [3.63, 3.8) is 0 Å². The first-order chi connectivity index (χ1) is 11.7. The summed E-state index contributed by atoms with van der Waals surface area (Å²) >= 11 is 5.84. The second-order valence-electron chi connectivity index (χ2n) is 6.31. The smallest absolute Gasteiger partial charge is 0.251 e. The van der Waals surface area contributed by atoms with Crippen LogP contribution in [0.25, 0.3) is 0 Å². The fraction of sp³-hybridized carbons (Fsp3) is 0.333. The van der Waals surface area contributed by atoms with Gasteiger partial charge in [0.15, 0.2) is 0 Å². The highest BCUT2D eigenvalue weighted by Gasteiger charge is 2.38. The molecule has 3 atom stereocenters. The molecule has 2 saturated heterocycles. The van der Waals surface area contributed by atoms with Crippen LogP contribution in [0.5, 0.6) is 11.6 Å². The van der Waals surface area contributed by atoms with Crippen LogP contribution in [0.15, 0.2) is 42.5 Å². The molecular weight excluding hydrogens is 326 g/mol. The van der Waals surface area contributed by atoms with Gasteiger partial charge in [-0.05, 0) is 49.2 Å². The molecule has 4 rings (SSSR count). The van der Waals surface area contributed by atoms with Crippen molar-refractivity contribution >= 4 is 17.5 Å². The molecule has 24 heavy (non-hydrogen) atoms. The Hall–Kier alpha value is -2.11. The minimum atomic E-state index is -0.0267. The molecule has 2 fully saturated rings. The van der Waals surface area contributed by atoms with Crippen LogP contribution in [0.2, 0.25) is 5.15 Å². The van der Waals surface area contributed by atoms with Crippen molar-refractivity contribution in [2.75, 3.05) is 19.6 Å². The zero-order valence-electron chi connectivity index (χ0n) is 13.1. The van der Waals surface area contributed by atoms with Crippen LogP contribution >= 0.6 is 11.6 Å². The molecule has 1 aromatic heterocycles. The second kappa shape index (κ2) is 6.42. The molecule has 3 heterocycles. The van der Waals surface area contributed by atoms with Gasteiger partial charge >= 0.3 is 0 Å². The maximum atomic E-state index is 12.4. The summed E-state index contributed by atoms with van der Waals surface area (Å²) < 4.78 is 5.63. The van der Waals surface area contributed by atoms with Gasteiger partial charge in [-0.3, -0.25) is 4.79 Å². The Bertz CT molecular complexity index is 750.